The molecule has 226 valence electrons. The van der Waals surface area contributed by atoms with Gasteiger partial charge in [0.1, 0.15) is 28.6 Å². The number of phenolic OH excluding ortho intramolecular Hbond substituents is 1. The van der Waals surface area contributed by atoms with E-state index >= 15 is 0 Å². The maximum Gasteiger partial charge on any atom is 0.255 e. The first-order valence-electron chi connectivity index (χ1n) is 15.1. The number of amides is 1. The van der Waals surface area contributed by atoms with Crippen molar-refractivity contribution in [1.29, 1.82) is 0 Å². The average Bonchev–Trinajstić information content (AvgIpc) is 3.72. The van der Waals surface area contributed by atoms with Gasteiger partial charge in [-0.15, -0.1) is 0 Å². The van der Waals surface area contributed by atoms with Crippen LogP contribution in [0.5, 0.6) is 11.5 Å². The number of hydrogen-bond acceptors (Lipinski definition) is 9. The maximum atomic E-state index is 13.8. The maximum absolute atomic E-state index is 13.8. The molecule has 3 saturated carbocycles. The summed E-state index contributed by atoms with van der Waals surface area (Å²) < 4.78 is 5.91. The van der Waals surface area contributed by atoms with Crippen LogP contribution >= 0.6 is 0 Å². The predicted octanol–water partition coefficient (Wildman–Crippen LogP) is 3.22. The van der Waals surface area contributed by atoms with Crippen molar-refractivity contribution in [3.05, 3.63) is 39.7 Å². The summed E-state index contributed by atoms with van der Waals surface area (Å²) in [5.74, 6) is -5.14. The lowest BCUT2D eigenvalue weighted by molar-refractivity contribution is -0.147. The Morgan fingerprint density at radius 3 is 2.45 bits per heavy atom. The van der Waals surface area contributed by atoms with Crippen molar-refractivity contribution >= 4 is 23.2 Å². The molecule has 3 fully saturated rings. The molecule has 1 amide bonds. The highest BCUT2D eigenvalue weighted by molar-refractivity contribution is 6.22. The third-order valence-electron chi connectivity index (χ3n) is 10.6. The number of ether oxygens (including phenoxy) is 1. The molecule has 0 saturated heterocycles. The van der Waals surface area contributed by atoms with Gasteiger partial charge in [0.15, 0.2) is 11.4 Å². The largest absolute Gasteiger partial charge is 0.508 e. The van der Waals surface area contributed by atoms with Crippen molar-refractivity contribution in [2.24, 2.45) is 28.9 Å². The van der Waals surface area contributed by atoms with Gasteiger partial charge >= 0.3 is 0 Å². The smallest absolute Gasteiger partial charge is 0.255 e. The average molecular weight is 581 g/mol. The number of nitrogens with two attached hydrogens (primary N) is 1. The fraction of sp³-hybridized carbons (Fsp3) is 0.594. The number of ketones is 2. The number of rotatable bonds is 9. The van der Waals surface area contributed by atoms with Crippen LogP contribution in [-0.4, -0.2) is 68.6 Å². The lowest BCUT2D eigenvalue weighted by atomic mass is 9.59. The Balaban J connectivity index is 1.39. The van der Waals surface area contributed by atoms with E-state index in [0.717, 1.165) is 25.1 Å². The summed E-state index contributed by atoms with van der Waals surface area (Å²) in [6.07, 6.45) is 7.22. The fourth-order valence-corrected chi connectivity index (χ4v) is 7.97. The van der Waals surface area contributed by atoms with Crippen LogP contribution in [0.2, 0.25) is 0 Å². The molecule has 10 heteroatoms. The topological polar surface area (TPSA) is 171 Å². The van der Waals surface area contributed by atoms with E-state index in [2.05, 4.69) is 11.8 Å². The number of fused-ring (bicyclic) bond motifs is 3. The summed E-state index contributed by atoms with van der Waals surface area (Å²) in [6.45, 7) is 4.79. The molecular weight excluding hydrogens is 540 g/mol. The van der Waals surface area contributed by atoms with E-state index in [1.807, 2.05) is 0 Å². The zero-order valence-electron chi connectivity index (χ0n) is 24.2. The molecule has 1 unspecified atom stereocenters. The minimum atomic E-state index is -2.57. The van der Waals surface area contributed by atoms with Crippen molar-refractivity contribution in [2.75, 3.05) is 20.2 Å². The number of hydrogen-bond donors (Lipinski definition) is 5. The van der Waals surface area contributed by atoms with E-state index in [1.54, 1.807) is 13.2 Å². The standard InChI is InChI=1S/C32H40N2O8/c1-3-31(7-4-8-31)15-34(13-16-5-6-16)14-18-11-21(35)24-20(27(18)42-2)10-17-9-19-12-22(36)25(30(33)40)29(39)32(19,41)28(38)23(17)26(24)37/h11,16-17,19,35,37,39,41H,3-10,12-15H2,1-2H3,(H2,33,40)/t17?,19-,32-/m0/s1. The van der Waals surface area contributed by atoms with E-state index in [9.17, 15) is 34.8 Å². The molecule has 0 radical (unpaired) electrons. The summed E-state index contributed by atoms with van der Waals surface area (Å²) in [6, 6.07) is 1.58. The zero-order valence-corrected chi connectivity index (χ0v) is 24.2. The zero-order chi connectivity index (χ0) is 30.1. The third kappa shape index (κ3) is 4.33. The Morgan fingerprint density at radius 1 is 1.17 bits per heavy atom. The van der Waals surface area contributed by atoms with Crippen LogP contribution in [0.3, 0.4) is 0 Å². The highest BCUT2D eigenvalue weighted by Gasteiger charge is 2.60. The van der Waals surface area contributed by atoms with Crippen molar-refractivity contribution in [3.63, 3.8) is 0 Å². The summed E-state index contributed by atoms with van der Waals surface area (Å²) >= 11 is 0. The van der Waals surface area contributed by atoms with Gasteiger partial charge in [-0.25, -0.2) is 0 Å². The predicted molar refractivity (Wildman–Crippen MR) is 153 cm³/mol. The van der Waals surface area contributed by atoms with Crippen LogP contribution in [-0.2, 0) is 27.3 Å². The van der Waals surface area contributed by atoms with E-state index in [0.29, 0.717) is 29.2 Å². The van der Waals surface area contributed by atoms with Gasteiger partial charge in [0.2, 0.25) is 5.78 Å². The number of primary amides is 1. The molecule has 0 spiro atoms. The van der Waals surface area contributed by atoms with Gasteiger partial charge in [-0.1, -0.05) is 13.3 Å². The SMILES string of the molecule is CCC1(CN(Cc2cc(O)c3c(c2OC)CC2C[C@H]4CC(=O)C(C(N)=O)=C(O)[C@@]4(O)C(=O)C2=C3O)CC2CC2)CCC1. The molecular formula is C32H40N2O8. The molecule has 0 aliphatic heterocycles. The quantitative estimate of drug-likeness (QED) is 0.275. The van der Waals surface area contributed by atoms with Gasteiger partial charge in [-0.05, 0) is 68.3 Å². The second-order valence-electron chi connectivity index (χ2n) is 13.2. The van der Waals surface area contributed by atoms with Crippen LogP contribution in [0, 0.1) is 23.2 Å². The Morgan fingerprint density at radius 2 is 1.88 bits per heavy atom. The molecule has 6 rings (SSSR count). The summed E-state index contributed by atoms with van der Waals surface area (Å²) in [7, 11) is 1.55. The Labute approximate surface area is 244 Å². The monoisotopic (exact) mass is 580 g/mol. The van der Waals surface area contributed by atoms with Crippen LogP contribution in [0.25, 0.3) is 5.76 Å². The van der Waals surface area contributed by atoms with Crippen LogP contribution in [0.15, 0.2) is 23.0 Å². The number of nitrogens with zero attached hydrogens (tertiary/aromatic N) is 1. The van der Waals surface area contributed by atoms with Crippen LogP contribution < -0.4 is 10.5 Å². The minimum Gasteiger partial charge on any atom is -0.508 e. The van der Waals surface area contributed by atoms with Crippen molar-refractivity contribution in [1.82, 2.24) is 4.90 Å². The van der Waals surface area contributed by atoms with Crippen molar-refractivity contribution in [2.45, 2.75) is 76.9 Å². The van der Waals surface area contributed by atoms with Gasteiger partial charge in [0.25, 0.3) is 5.91 Å². The molecule has 0 heterocycles. The van der Waals surface area contributed by atoms with Crippen LogP contribution in [0.1, 0.15) is 75.0 Å². The Bertz CT molecular complexity index is 1430. The number of methoxy groups -OCH3 is 1. The van der Waals surface area contributed by atoms with Gasteiger partial charge in [0, 0.05) is 48.7 Å². The van der Waals surface area contributed by atoms with E-state index in [-0.39, 0.29) is 36.1 Å². The molecule has 1 aromatic carbocycles. The molecule has 10 nitrogen and oxygen atoms in total. The summed E-state index contributed by atoms with van der Waals surface area (Å²) in [5, 5.41) is 44.9. The van der Waals surface area contributed by atoms with Crippen molar-refractivity contribution in [3.8, 4) is 11.5 Å². The summed E-state index contributed by atoms with van der Waals surface area (Å²) in [5.41, 5.74) is 3.49. The third-order valence-corrected chi connectivity index (χ3v) is 10.6. The highest BCUT2D eigenvalue weighted by Crippen LogP contribution is 2.54. The number of Topliss-reactive ketones (excluding diaryl/α,β-unsaturated/α-hetero) is 2. The minimum absolute atomic E-state index is 0.0560. The Hall–Kier alpha value is -3.37. The second kappa shape index (κ2) is 10.1. The van der Waals surface area contributed by atoms with Gasteiger partial charge in [0.05, 0.1) is 12.7 Å². The molecule has 0 bridgehead atoms. The number of phenols is 1. The van der Waals surface area contributed by atoms with Gasteiger partial charge < -0.3 is 30.9 Å². The van der Waals surface area contributed by atoms with E-state index < -0.39 is 52.0 Å². The lowest BCUT2D eigenvalue weighted by Crippen LogP contribution is -2.58. The molecule has 5 aliphatic rings. The fourth-order valence-electron chi connectivity index (χ4n) is 7.97. The number of aromatic hydroxyl groups is 1. The van der Waals surface area contributed by atoms with E-state index in [1.165, 1.54) is 32.1 Å². The lowest BCUT2D eigenvalue weighted by Gasteiger charge is -2.46. The summed E-state index contributed by atoms with van der Waals surface area (Å²) in [4.78, 5) is 40.7. The van der Waals surface area contributed by atoms with E-state index in [4.69, 9.17) is 10.5 Å². The normalized spacial score (nSPS) is 28.3. The van der Waals surface area contributed by atoms with Crippen LogP contribution in [0.4, 0.5) is 0 Å². The van der Waals surface area contributed by atoms with Crippen molar-refractivity contribution < 1.29 is 39.5 Å². The first-order valence-corrected chi connectivity index (χ1v) is 15.1. The first kappa shape index (κ1) is 28.7. The molecule has 5 aliphatic carbocycles. The molecule has 3 atom stereocenters. The molecule has 1 aromatic rings. The molecule has 6 N–H and O–H groups in total. The first-order chi connectivity index (χ1) is 19.9. The number of benzene rings is 1. The second-order valence-corrected chi connectivity index (χ2v) is 13.2. The number of carbonyl (C=O) groups excluding carboxylic acids is 3. The van der Waals surface area contributed by atoms with Gasteiger partial charge in [-0.2, -0.15) is 0 Å². The molecule has 42 heavy (non-hydrogen) atoms. The van der Waals surface area contributed by atoms with Gasteiger partial charge in [-0.3, -0.25) is 19.3 Å². The number of aliphatic hydroxyl groups excluding tert-OH is 2. The molecule has 0 aromatic heterocycles. The number of aliphatic hydroxyl groups is 3. The Kier molecular flexibility index (Phi) is 6.92. The highest BCUT2D eigenvalue weighted by atomic mass is 16.5. The number of carbonyl (C=O) groups is 3.